The lowest BCUT2D eigenvalue weighted by atomic mass is 10.2. The van der Waals surface area contributed by atoms with Crippen molar-refractivity contribution in [2.24, 2.45) is 0 Å². The van der Waals surface area contributed by atoms with Crippen LogP contribution in [0.2, 0.25) is 0 Å². The third-order valence-corrected chi connectivity index (χ3v) is 2.54. The summed E-state index contributed by atoms with van der Waals surface area (Å²) in [6.07, 6.45) is 4.20. The van der Waals surface area contributed by atoms with E-state index < -0.39 is 17.7 Å². The number of carbonyl (C=O) groups excluding carboxylic acids is 2. The van der Waals surface area contributed by atoms with Gasteiger partial charge in [0.15, 0.2) is 5.65 Å². The van der Waals surface area contributed by atoms with Crippen LogP contribution >= 0.6 is 0 Å². The Bertz CT molecular complexity index is 685. The molecule has 0 atom stereocenters. The highest BCUT2D eigenvalue weighted by Crippen LogP contribution is 2.19. The Morgan fingerprint density at radius 1 is 1.33 bits per heavy atom. The maximum atomic E-state index is 11.9. The van der Waals surface area contributed by atoms with Gasteiger partial charge in [-0.2, -0.15) is 0 Å². The number of rotatable bonds is 2. The van der Waals surface area contributed by atoms with Gasteiger partial charge < -0.3 is 13.9 Å². The number of methoxy groups -OCH3 is 1. The Labute approximate surface area is 121 Å². The average Bonchev–Trinajstić information content (AvgIpc) is 2.83. The number of nitrogens with one attached hydrogen (secondary N) is 1. The molecule has 2 heterocycles. The zero-order valence-corrected chi connectivity index (χ0v) is 12.3. The van der Waals surface area contributed by atoms with Crippen molar-refractivity contribution in [2.45, 2.75) is 26.4 Å². The van der Waals surface area contributed by atoms with Crippen LogP contribution in [0.1, 0.15) is 31.1 Å². The molecule has 0 fully saturated rings. The molecule has 0 aromatic carbocycles. The third-order valence-electron chi connectivity index (χ3n) is 2.54. The molecule has 1 amide bonds. The summed E-state index contributed by atoms with van der Waals surface area (Å²) in [5, 5.41) is 2.59. The highest BCUT2D eigenvalue weighted by atomic mass is 16.6. The van der Waals surface area contributed by atoms with Gasteiger partial charge in [0.1, 0.15) is 5.60 Å². The Morgan fingerprint density at radius 3 is 2.67 bits per heavy atom. The molecule has 7 nitrogen and oxygen atoms in total. The normalized spacial score (nSPS) is 11.2. The van der Waals surface area contributed by atoms with Crippen LogP contribution in [0.15, 0.2) is 24.7 Å². The van der Waals surface area contributed by atoms with Gasteiger partial charge in [-0.1, -0.05) is 0 Å². The van der Waals surface area contributed by atoms with Gasteiger partial charge in [-0.3, -0.25) is 5.32 Å². The molecular weight excluding hydrogens is 274 g/mol. The molecule has 0 aliphatic rings. The molecule has 0 radical (unpaired) electrons. The molecule has 0 saturated carbocycles. The number of nitrogens with zero attached hydrogens (tertiary/aromatic N) is 2. The zero-order valence-electron chi connectivity index (χ0n) is 12.3. The standard InChI is InChI=1S/C14H17N3O4/c1-14(2,3)21-13(19)16-10-7-9(12(18)20-4)8-17-6-5-15-11(10)17/h5-8H,1-4H3,(H,16,19). The monoisotopic (exact) mass is 291 g/mol. The zero-order chi connectivity index (χ0) is 15.6. The summed E-state index contributed by atoms with van der Waals surface area (Å²) in [4.78, 5) is 27.6. The molecule has 1 N–H and O–H groups in total. The fourth-order valence-electron chi connectivity index (χ4n) is 1.77. The fourth-order valence-corrected chi connectivity index (χ4v) is 1.77. The summed E-state index contributed by atoms with van der Waals surface area (Å²) in [7, 11) is 1.29. The number of hydrogen-bond donors (Lipinski definition) is 1. The molecule has 7 heteroatoms. The number of imidazole rings is 1. The third kappa shape index (κ3) is 3.50. The molecule has 0 saturated heterocycles. The number of anilines is 1. The number of pyridine rings is 1. The van der Waals surface area contributed by atoms with Crippen molar-refractivity contribution < 1.29 is 19.1 Å². The maximum absolute atomic E-state index is 11.9. The first-order chi connectivity index (χ1) is 9.80. The molecule has 0 aliphatic heterocycles. The van der Waals surface area contributed by atoms with Crippen LogP contribution in [-0.2, 0) is 9.47 Å². The number of esters is 1. The summed E-state index contributed by atoms with van der Waals surface area (Å²) in [6, 6.07) is 1.50. The average molecular weight is 291 g/mol. The topological polar surface area (TPSA) is 81.9 Å². The van der Waals surface area contributed by atoms with E-state index in [0.29, 0.717) is 16.9 Å². The van der Waals surface area contributed by atoms with Crippen LogP contribution in [0, 0.1) is 0 Å². The second-order valence-electron chi connectivity index (χ2n) is 5.42. The van der Waals surface area contributed by atoms with Crippen LogP contribution in [0.5, 0.6) is 0 Å². The molecule has 21 heavy (non-hydrogen) atoms. The summed E-state index contributed by atoms with van der Waals surface area (Å²) in [6.45, 7) is 5.30. The minimum Gasteiger partial charge on any atom is -0.465 e. The van der Waals surface area contributed by atoms with E-state index in [2.05, 4.69) is 15.0 Å². The van der Waals surface area contributed by atoms with E-state index in [0.717, 1.165) is 0 Å². The molecule has 2 rings (SSSR count). The molecule has 0 unspecified atom stereocenters. The van der Waals surface area contributed by atoms with Gasteiger partial charge in [0.25, 0.3) is 0 Å². The second kappa shape index (κ2) is 5.43. The number of hydrogen-bond acceptors (Lipinski definition) is 5. The predicted octanol–water partition coefficient (Wildman–Crippen LogP) is 2.47. The molecule has 0 aliphatic carbocycles. The Balaban J connectivity index is 2.35. The maximum Gasteiger partial charge on any atom is 0.412 e. The molecule has 112 valence electrons. The van der Waals surface area contributed by atoms with E-state index in [1.807, 2.05) is 0 Å². The van der Waals surface area contributed by atoms with Crippen molar-refractivity contribution in [3.8, 4) is 0 Å². The fraction of sp³-hybridized carbons (Fsp3) is 0.357. The van der Waals surface area contributed by atoms with E-state index in [1.165, 1.54) is 13.2 Å². The highest BCUT2D eigenvalue weighted by molar-refractivity contribution is 5.95. The summed E-state index contributed by atoms with van der Waals surface area (Å²) in [5.74, 6) is -0.502. The van der Waals surface area contributed by atoms with Gasteiger partial charge >= 0.3 is 12.1 Å². The van der Waals surface area contributed by atoms with E-state index >= 15 is 0 Å². The van der Waals surface area contributed by atoms with Crippen molar-refractivity contribution in [1.29, 1.82) is 0 Å². The molecule has 0 bridgehead atoms. The lowest BCUT2D eigenvalue weighted by Crippen LogP contribution is -2.27. The Hall–Kier alpha value is -2.57. The Morgan fingerprint density at radius 2 is 2.05 bits per heavy atom. The van der Waals surface area contributed by atoms with Crippen molar-refractivity contribution in [3.63, 3.8) is 0 Å². The second-order valence-corrected chi connectivity index (χ2v) is 5.42. The smallest absolute Gasteiger partial charge is 0.412 e. The summed E-state index contributed by atoms with van der Waals surface area (Å²) in [5.41, 5.74) is 0.565. The number of amides is 1. The number of fused-ring (bicyclic) bond motifs is 1. The van der Waals surface area contributed by atoms with Gasteiger partial charge in [0, 0.05) is 18.6 Å². The van der Waals surface area contributed by atoms with Gasteiger partial charge in [0.2, 0.25) is 0 Å². The quantitative estimate of drug-likeness (QED) is 0.859. The van der Waals surface area contributed by atoms with E-state index in [-0.39, 0.29) is 0 Å². The minimum absolute atomic E-state index is 0.300. The van der Waals surface area contributed by atoms with Crippen LogP contribution in [0.25, 0.3) is 5.65 Å². The first kappa shape index (κ1) is 14.8. The van der Waals surface area contributed by atoms with Crippen molar-refractivity contribution >= 4 is 23.4 Å². The van der Waals surface area contributed by atoms with Gasteiger partial charge in [-0.05, 0) is 26.8 Å². The summed E-state index contributed by atoms with van der Waals surface area (Å²) < 4.78 is 11.5. The first-order valence-electron chi connectivity index (χ1n) is 6.35. The predicted molar refractivity (Wildman–Crippen MR) is 76.4 cm³/mol. The summed E-state index contributed by atoms with van der Waals surface area (Å²) >= 11 is 0. The molecule has 0 spiro atoms. The number of aromatic nitrogens is 2. The van der Waals surface area contributed by atoms with E-state index in [4.69, 9.17) is 4.74 Å². The first-order valence-corrected chi connectivity index (χ1v) is 6.35. The van der Waals surface area contributed by atoms with Gasteiger partial charge in [0.05, 0.1) is 18.4 Å². The molecular formula is C14H17N3O4. The lowest BCUT2D eigenvalue weighted by Gasteiger charge is -2.20. The van der Waals surface area contributed by atoms with Crippen LogP contribution in [0.4, 0.5) is 10.5 Å². The number of ether oxygens (including phenoxy) is 2. The van der Waals surface area contributed by atoms with Crippen LogP contribution in [-0.4, -0.2) is 34.2 Å². The van der Waals surface area contributed by atoms with Gasteiger partial charge in [-0.25, -0.2) is 14.6 Å². The molecule has 2 aromatic heterocycles. The van der Waals surface area contributed by atoms with Crippen LogP contribution in [0.3, 0.4) is 0 Å². The lowest BCUT2D eigenvalue weighted by molar-refractivity contribution is 0.0595. The highest BCUT2D eigenvalue weighted by Gasteiger charge is 2.18. The van der Waals surface area contributed by atoms with Crippen molar-refractivity contribution in [3.05, 3.63) is 30.2 Å². The van der Waals surface area contributed by atoms with E-state index in [9.17, 15) is 9.59 Å². The van der Waals surface area contributed by atoms with Crippen LogP contribution < -0.4 is 5.32 Å². The largest absolute Gasteiger partial charge is 0.465 e. The van der Waals surface area contributed by atoms with E-state index in [1.54, 1.807) is 43.8 Å². The SMILES string of the molecule is COC(=O)c1cc(NC(=O)OC(C)(C)C)c2nccn2c1. The van der Waals surface area contributed by atoms with Crippen molar-refractivity contribution in [1.82, 2.24) is 9.38 Å². The van der Waals surface area contributed by atoms with Crippen molar-refractivity contribution in [2.75, 3.05) is 12.4 Å². The van der Waals surface area contributed by atoms with Gasteiger partial charge in [-0.15, -0.1) is 0 Å². The minimum atomic E-state index is -0.616. The molecule has 2 aromatic rings. The number of carbonyl (C=O) groups is 2. The Kier molecular flexibility index (Phi) is 3.84.